The fourth-order valence-electron chi connectivity index (χ4n) is 15.0. The first-order valence-corrected chi connectivity index (χ1v) is 28.4. The maximum atomic E-state index is 15.6. The van der Waals surface area contributed by atoms with E-state index in [4.69, 9.17) is 23.4 Å². The van der Waals surface area contributed by atoms with Crippen LogP contribution in [0.5, 0.6) is 5.75 Å². The Bertz CT molecular complexity index is 3450. The summed E-state index contributed by atoms with van der Waals surface area (Å²) in [6, 6.07) is 38.0. The van der Waals surface area contributed by atoms with Crippen LogP contribution < -0.4 is 10.4 Å². The summed E-state index contributed by atoms with van der Waals surface area (Å²) >= 11 is 0. The number of ether oxygens (including phenoxy) is 4. The van der Waals surface area contributed by atoms with Gasteiger partial charge in [0, 0.05) is 60.3 Å². The molecule has 0 spiro atoms. The van der Waals surface area contributed by atoms with Crippen molar-refractivity contribution in [2.45, 2.75) is 120 Å². The molecule has 1 fully saturated rings. The molecule has 408 valence electrons. The van der Waals surface area contributed by atoms with Crippen molar-refractivity contribution < 1.29 is 48.3 Å². The highest BCUT2D eigenvalue weighted by Crippen LogP contribution is 2.61. The molecule has 6 aliphatic rings. The normalized spacial score (nSPS) is 27.9. The van der Waals surface area contributed by atoms with Crippen molar-refractivity contribution in [1.29, 1.82) is 0 Å². The van der Waals surface area contributed by atoms with Crippen LogP contribution in [0.2, 0.25) is 0 Å². The smallest absolute Gasteiger partial charge is 0.340 e. The van der Waals surface area contributed by atoms with Crippen LogP contribution in [0.4, 0.5) is 0 Å². The number of esters is 2. The second-order valence-corrected chi connectivity index (χ2v) is 23.3. The summed E-state index contributed by atoms with van der Waals surface area (Å²) in [5.41, 5.74) is 8.93. The van der Waals surface area contributed by atoms with Gasteiger partial charge in [-0.2, -0.15) is 0 Å². The van der Waals surface area contributed by atoms with Gasteiger partial charge in [-0.05, 0) is 157 Å². The van der Waals surface area contributed by atoms with E-state index in [0.717, 1.165) is 30.4 Å². The standard InChI is InChI=1S/C68H70O11/c1-39(36-70)50-22-18-42-16-17-47-32-45(42)21-25-54-53-24-19-43-13-7-8-15-52(43)56(53)35-58(54)68(2)65(78-66(50)73)64(62-59(79-68)27-26-55-57(37-71)61(67(74)77-63(55)62)48(28-29-69)38-75-3)76-60(72)34-49-33-46(20-23-51(47)49)44-14-9-12-41(31-44)30-40-10-5-4-6-11-40/h4-17,19-20,23-24,26-27,31-32,46,48-49,51,53-54,56,58,64-65,69-71H,18,21-22,25,28-30,33-38H2,1-3H3/b50-39-/t46-,48+,49-,51-,53+,54+,56+,58-,64+,65-,68-/m0/s1. The molecule has 1 saturated carbocycles. The first kappa shape index (κ1) is 52.8. The van der Waals surface area contributed by atoms with Gasteiger partial charge in [0.2, 0.25) is 0 Å². The number of hydrogen-bond donors (Lipinski definition) is 3. The Morgan fingerprint density at radius 1 is 0.810 bits per heavy atom. The van der Waals surface area contributed by atoms with E-state index in [1.54, 1.807) is 19.1 Å². The highest BCUT2D eigenvalue weighted by molar-refractivity contribution is 5.90. The van der Waals surface area contributed by atoms with Crippen molar-refractivity contribution in [3.05, 3.63) is 210 Å². The Morgan fingerprint density at radius 2 is 1.63 bits per heavy atom. The molecular formula is C68H70O11. The summed E-state index contributed by atoms with van der Waals surface area (Å²) in [5, 5.41) is 32.5. The first-order chi connectivity index (χ1) is 38.5. The first-order valence-electron chi connectivity index (χ1n) is 28.4. The molecule has 5 aromatic carbocycles. The van der Waals surface area contributed by atoms with Crippen molar-refractivity contribution in [3.8, 4) is 5.75 Å². The van der Waals surface area contributed by atoms with Gasteiger partial charge < -0.3 is 38.7 Å². The molecule has 4 heterocycles. The third-order valence-electron chi connectivity index (χ3n) is 18.9. The van der Waals surface area contributed by atoms with E-state index in [9.17, 15) is 20.1 Å². The van der Waals surface area contributed by atoms with E-state index in [2.05, 4.69) is 115 Å². The maximum Gasteiger partial charge on any atom is 0.340 e. The lowest BCUT2D eigenvalue weighted by Gasteiger charge is -2.50. The van der Waals surface area contributed by atoms with Gasteiger partial charge in [-0.1, -0.05) is 121 Å². The Balaban J connectivity index is 1.07. The fraction of sp³-hybridized carbons (Fsp3) is 0.397. The van der Waals surface area contributed by atoms with Crippen LogP contribution in [0.1, 0.15) is 143 Å². The number of methoxy groups -OCH3 is 1. The average molecular weight is 1060 g/mol. The quantitative estimate of drug-likeness (QED) is 0.0518. The number of fused-ring (bicyclic) bond motifs is 11. The number of aryl methyl sites for hydroxylation is 2. The number of aliphatic hydroxyl groups is 3. The molecule has 11 nitrogen and oxygen atoms in total. The molecular weight excluding hydrogens is 993 g/mol. The fourth-order valence-corrected chi connectivity index (χ4v) is 15.0. The van der Waals surface area contributed by atoms with Gasteiger partial charge in [-0.25, -0.2) is 9.59 Å². The zero-order valence-corrected chi connectivity index (χ0v) is 45.3. The Hall–Kier alpha value is -6.89. The van der Waals surface area contributed by atoms with Crippen molar-refractivity contribution in [2.24, 2.45) is 23.7 Å². The second-order valence-electron chi connectivity index (χ2n) is 23.3. The molecule has 79 heavy (non-hydrogen) atoms. The Labute approximate surface area is 461 Å². The van der Waals surface area contributed by atoms with Gasteiger partial charge in [-0.3, -0.25) is 4.79 Å². The largest absolute Gasteiger partial charge is 0.483 e. The average Bonchev–Trinajstić information content (AvgIpc) is 4.05. The topological polar surface area (TPSA) is 162 Å². The van der Waals surface area contributed by atoms with Crippen LogP contribution >= 0.6 is 0 Å². The van der Waals surface area contributed by atoms with Crippen LogP contribution in [0.3, 0.4) is 0 Å². The van der Waals surface area contributed by atoms with E-state index in [0.29, 0.717) is 47.1 Å². The number of hydrogen-bond acceptors (Lipinski definition) is 11. The molecule has 1 aromatic heterocycles. The van der Waals surface area contributed by atoms with Crippen LogP contribution in [0.15, 0.2) is 148 Å². The lowest BCUT2D eigenvalue weighted by Crippen LogP contribution is -2.59. The highest BCUT2D eigenvalue weighted by Gasteiger charge is 2.62. The molecule has 12 rings (SSSR count). The lowest BCUT2D eigenvalue weighted by atomic mass is 9.70. The van der Waals surface area contributed by atoms with E-state index in [1.807, 2.05) is 13.0 Å². The van der Waals surface area contributed by atoms with Crippen molar-refractivity contribution in [3.63, 3.8) is 0 Å². The van der Waals surface area contributed by atoms with Gasteiger partial charge in [0.15, 0.2) is 17.8 Å². The third-order valence-corrected chi connectivity index (χ3v) is 18.9. The molecule has 6 aromatic rings. The maximum absolute atomic E-state index is 15.6. The summed E-state index contributed by atoms with van der Waals surface area (Å²) in [6.07, 6.45) is 11.2. The second kappa shape index (κ2) is 22.0. The zero-order valence-electron chi connectivity index (χ0n) is 45.3. The summed E-state index contributed by atoms with van der Waals surface area (Å²) in [4.78, 5) is 45.6. The van der Waals surface area contributed by atoms with Gasteiger partial charge in [0.25, 0.3) is 0 Å². The summed E-state index contributed by atoms with van der Waals surface area (Å²) in [6.45, 7) is 2.68. The molecule has 5 bridgehead atoms. The molecule has 11 atom stereocenters. The lowest BCUT2D eigenvalue weighted by molar-refractivity contribution is -0.202. The van der Waals surface area contributed by atoms with Crippen molar-refractivity contribution >= 4 is 29.0 Å². The number of aliphatic hydroxyl groups excluding tert-OH is 3. The van der Waals surface area contributed by atoms with Crippen LogP contribution in [-0.4, -0.2) is 65.9 Å². The molecule has 0 saturated heterocycles. The molecule has 0 radical (unpaired) electrons. The van der Waals surface area contributed by atoms with Gasteiger partial charge >= 0.3 is 17.6 Å². The van der Waals surface area contributed by atoms with Crippen LogP contribution in [-0.2, 0) is 49.7 Å². The van der Waals surface area contributed by atoms with E-state index < -0.39 is 47.9 Å². The predicted molar refractivity (Wildman–Crippen MR) is 302 cm³/mol. The van der Waals surface area contributed by atoms with Crippen molar-refractivity contribution in [1.82, 2.24) is 0 Å². The summed E-state index contributed by atoms with van der Waals surface area (Å²) in [5.74, 6) is -1.86. The predicted octanol–water partition coefficient (Wildman–Crippen LogP) is 11.4. The highest BCUT2D eigenvalue weighted by atomic mass is 16.6. The minimum atomic E-state index is -1.37. The molecule has 3 aliphatic heterocycles. The minimum absolute atomic E-state index is 0.00204. The number of rotatable bonds is 10. The molecule has 0 unspecified atom stereocenters. The monoisotopic (exact) mass is 1060 g/mol. The third kappa shape index (κ3) is 9.70. The Kier molecular flexibility index (Phi) is 14.7. The van der Waals surface area contributed by atoms with Gasteiger partial charge in [0.05, 0.1) is 25.4 Å². The van der Waals surface area contributed by atoms with E-state index in [1.165, 1.54) is 40.5 Å². The van der Waals surface area contributed by atoms with Crippen molar-refractivity contribution in [2.75, 3.05) is 26.9 Å². The van der Waals surface area contributed by atoms with E-state index in [-0.39, 0.29) is 97.2 Å². The Morgan fingerprint density at radius 3 is 2.44 bits per heavy atom. The number of allylic oxidation sites excluding steroid dienone is 3. The SMILES string of the molecule is COC[C@@H](CCO)c1c(CO)c2ccc3c(c2oc1=O)[C@H]1OC(=O)C[C@@H]2C[C@@H](c4cccc(Cc5ccccc5)c4)C=C[C@H]2c2ccc4c(c2)CC[C@@H]2[C@H]5C=Cc6ccccc6[C@H]5C[C@@H]2[C@](C)(O3)[C@H]1OC(=O)/C(=C(/C)CO)CC4. The molecule has 3 N–H and O–H groups in total. The van der Waals surface area contributed by atoms with Crippen LogP contribution in [0, 0.1) is 23.7 Å². The summed E-state index contributed by atoms with van der Waals surface area (Å²) in [7, 11) is 1.51. The van der Waals surface area contributed by atoms with Gasteiger partial charge in [0.1, 0.15) is 11.3 Å². The minimum Gasteiger partial charge on any atom is -0.483 e. The summed E-state index contributed by atoms with van der Waals surface area (Å²) < 4.78 is 33.6. The molecule has 11 heteroatoms. The van der Waals surface area contributed by atoms with E-state index >= 15 is 9.59 Å². The number of carbonyl (C=O) groups excluding carboxylic acids is 2. The number of carbonyl (C=O) groups is 2. The van der Waals surface area contributed by atoms with Crippen LogP contribution in [0.25, 0.3) is 17.0 Å². The number of benzene rings is 5. The zero-order chi connectivity index (χ0) is 54.5. The molecule has 0 amide bonds. The molecule has 3 aliphatic carbocycles. The van der Waals surface area contributed by atoms with Gasteiger partial charge in [-0.15, -0.1) is 0 Å².